The van der Waals surface area contributed by atoms with Crippen molar-refractivity contribution in [1.29, 1.82) is 0 Å². The van der Waals surface area contributed by atoms with E-state index in [0.717, 1.165) is 23.7 Å². The molecule has 4 heteroatoms. The van der Waals surface area contributed by atoms with E-state index >= 15 is 0 Å². The predicted octanol–water partition coefficient (Wildman–Crippen LogP) is 2.55. The van der Waals surface area contributed by atoms with Gasteiger partial charge in [-0.2, -0.15) is 0 Å². The van der Waals surface area contributed by atoms with Crippen molar-refractivity contribution in [3.63, 3.8) is 0 Å². The maximum Gasteiger partial charge on any atom is 0.251 e. The van der Waals surface area contributed by atoms with E-state index < -0.39 is 0 Å². The lowest BCUT2D eigenvalue weighted by molar-refractivity contribution is 0.0938. The van der Waals surface area contributed by atoms with Gasteiger partial charge in [-0.25, -0.2) is 0 Å². The summed E-state index contributed by atoms with van der Waals surface area (Å²) in [6.07, 6.45) is 4.57. The lowest BCUT2D eigenvalue weighted by atomic mass is 10.1. The van der Waals surface area contributed by atoms with E-state index in [-0.39, 0.29) is 11.8 Å². The molecule has 3 N–H and O–H groups in total. The summed E-state index contributed by atoms with van der Waals surface area (Å²) in [5, 5.41) is 13.3. The number of carbonyl (C=O) groups excluding carboxylic acids is 1. The quantitative estimate of drug-likeness (QED) is 0.760. The van der Waals surface area contributed by atoms with Gasteiger partial charge in [0.05, 0.1) is 0 Å². The molecule has 0 bridgehead atoms. The van der Waals surface area contributed by atoms with Crippen LogP contribution in [0.3, 0.4) is 0 Å². The first-order chi connectivity index (χ1) is 8.72. The van der Waals surface area contributed by atoms with E-state index in [1.807, 2.05) is 6.07 Å². The van der Waals surface area contributed by atoms with E-state index in [1.54, 1.807) is 18.2 Å². The van der Waals surface area contributed by atoms with Crippen LogP contribution in [-0.2, 0) is 0 Å². The third-order valence-electron chi connectivity index (χ3n) is 3.56. The fourth-order valence-electron chi connectivity index (χ4n) is 2.59. The number of carbonyl (C=O) groups is 1. The molecule has 1 saturated carbocycles. The van der Waals surface area contributed by atoms with Gasteiger partial charge in [0.15, 0.2) is 5.88 Å². The van der Waals surface area contributed by atoms with Crippen LogP contribution in [0, 0.1) is 0 Å². The van der Waals surface area contributed by atoms with E-state index in [4.69, 9.17) is 0 Å². The molecule has 0 saturated heterocycles. The monoisotopic (exact) mass is 244 g/mol. The molecule has 0 atom stereocenters. The average Bonchev–Trinajstić information content (AvgIpc) is 2.95. The lowest BCUT2D eigenvalue weighted by Gasteiger charge is -2.11. The number of hydrogen-bond donors (Lipinski definition) is 3. The number of rotatable bonds is 2. The van der Waals surface area contributed by atoms with Gasteiger partial charge in [0, 0.05) is 28.6 Å². The summed E-state index contributed by atoms with van der Waals surface area (Å²) in [4.78, 5) is 14.9. The SMILES string of the molecule is O=C(NC1CCCC1)c1ccc2cc(O)[nH]c2c1. The van der Waals surface area contributed by atoms with Crippen LogP contribution < -0.4 is 5.32 Å². The van der Waals surface area contributed by atoms with Gasteiger partial charge in [-0.05, 0) is 25.0 Å². The van der Waals surface area contributed by atoms with Crippen molar-refractivity contribution in [2.75, 3.05) is 0 Å². The minimum absolute atomic E-state index is 0.0297. The fraction of sp³-hybridized carbons (Fsp3) is 0.357. The molecule has 1 aliphatic rings. The smallest absolute Gasteiger partial charge is 0.251 e. The number of aromatic amines is 1. The Kier molecular flexibility index (Phi) is 2.70. The molecule has 4 nitrogen and oxygen atoms in total. The maximum absolute atomic E-state index is 12.1. The molecular formula is C14H16N2O2. The Morgan fingerprint density at radius 2 is 2.06 bits per heavy atom. The van der Waals surface area contributed by atoms with Crippen molar-refractivity contribution in [1.82, 2.24) is 10.3 Å². The normalized spacial score (nSPS) is 16.2. The van der Waals surface area contributed by atoms with Crippen LogP contribution in [0.4, 0.5) is 0 Å². The Hall–Kier alpha value is -1.97. The highest BCUT2D eigenvalue weighted by molar-refractivity contribution is 5.98. The van der Waals surface area contributed by atoms with Crippen LogP contribution in [-0.4, -0.2) is 22.0 Å². The molecule has 0 radical (unpaired) electrons. The summed E-state index contributed by atoms with van der Waals surface area (Å²) in [5.74, 6) is 0.0937. The van der Waals surface area contributed by atoms with E-state index in [1.165, 1.54) is 12.8 Å². The average molecular weight is 244 g/mol. The number of amides is 1. The summed E-state index contributed by atoms with van der Waals surface area (Å²) in [7, 11) is 0. The first-order valence-corrected chi connectivity index (χ1v) is 6.35. The van der Waals surface area contributed by atoms with E-state index in [2.05, 4.69) is 10.3 Å². The second-order valence-electron chi connectivity index (χ2n) is 4.91. The maximum atomic E-state index is 12.1. The molecule has 1 heterocycles. The Labute approximate surface area is 105 Å². The van der Waals surface area contributed by atoms with Crippen molar-refractivity contribution in [3.05, 3.63) is 29.8 Å². The van der Waals surface area contributed by atoms with Crippen molar-refractivity contribution in [2.24, 2.45) is 0 Å². The predicted molar refractivity (Wildman–Crippen MR) is 69.7 cm³/mol. The highest BCUT2D eigenvalue weighted by atomic mass is 16.3. The summed E-state index contributed by atoms with van der Waals surface area (Å²) in [6.45, 7) is 0. The van der Waals surface area contributed by atoms with Crippen LogP contribution in [0.1, 0.15) is 36.0 Å². The van der Waals surface area contributed by atoms with Gasteiger partial charge < -0.3 is 15.4 Å². The number of benzene rings is 1. The number of aromatic nitrogens is 1. The molecular weight excluding hydrogens is 228 g/mol. The van der Waals surface area contributed by atoms with Crippen molar-refractivity contribution in [3.8, 4) is 5.88 Å². The molecule has 18 heavy (non-hydrogen) atoms. The minimum atomic E-state index is -0.0297. The number of hydrogen-bond acceptors (Lipinski definition) is 2. The first kappa shape index (κ1) is 11.1. The molecule has 0 unspecified atom stereocenters. The summed E-state index contributed by atoms with van der Waals surface area (Å²) in [6, 6.07) is 7.38. The van der Waals surface area contributed by atoms with Gasteiger partial charge in [0.25, 0.3) is 5.91 Å². The van der Waals surface area contributed by atoms with Gasteiger partial charge in [-0.3, -0.25) is 4.79 Å². The van der Waals surface area contributed by atoms with Crippen LogP contribution in [0.2, 0.25) is 0 Å². The highest BCUT2D eigenvalue weighted by Gasteiger charge is 2.18. The van der Waals surface area contributed by atoms with Crippen LogP contribution in [0.25, 0.3) is 10.9 Å². The summed E-state index contributed by atoms with van der Waals surface area (Å²) >= 11 is 0. The van der Waals surface area contributed by atoms with Crippen molar-refractivity contribution in [2.45, 2.75) is 31.7 Å². The van der Waals surface area contributed by atoms with Crippen LogP contribution in [0.5, 0.6) is 5.88 Å². The molecule has 1 fully saturated rings. The lowest BCUT2D eigenvalue weighted by Crippen LogP contribution is -2.32. The highest BCUT2D eigenvalue weighted by Crippen LogP contribution is 2.21. The Morgan fingerprint density at radius 3 is 2.83 bits per heavy atom. The standard InChI is InChI=1S/C14H16N2O2/c17-13-8-9-5-6-10(7-12(9)16-13)14(18)15-11-3-1-2-4-11/h5-8,11,16-17H,1-4H2,(H,15,18). The molecule has 0 spiro atoms. The second kappa shape index (κ2) is 4.37. The third-order valence-corrected chi connectivity index (χ3v) is 3.56. The zero-order valence-electron chi connectivity index (χ0n) is 10.1. The number of aromatic hydroxyl groups is 1. The van der Waals surface area contributed by atoms with Crippen LogP contribution in [0.15, 0.2) is 24.3 Å². The van der Waals surface area contributed by atoms with Crippen molar-refractivity contribution < 1.29 is 9.90 Å². The van der Waals surface area contributed by atoms with E-state index in [9.17, 15) is 9.90 Å². The molecule has 1 aliphatic carbocycles. The van der Waals surface area contributed by atoms with Crippen molar-refractivity contribution >= 4 is 16.8 Å². The second-order valence-corrected chi connectivity index (χ2v) is 4.91. The molecule has 94 valence electrons. The van der Waals surface area contributed by atoms with E-state index in [0.29, 0.717) is 11.6 Å². The summed E-state index contributed by atoms with van der Waals surface area (Å²) < 4.78 is 0. The Bertz CT molecular complexity index is 582. The topological polar surface area (TPSA) is 65.1 Å². The molecule has 3 rings (SSSR count). The molecule has 1 amide bonds. The molecule has 0 aliphatic heterocycles. The van der Waals surface area contributed by atoms with Gasteiger partial charge in [-0.1, -0.05) is 18.9 Å². The molecule has 1 aromatic carbocycles. The number of fused-ring (bicyclic) bond motifs is 1. The molecule has 2 aromatic rings. The van der Waals surface area contributed by atoms with Crippen LogP contribution >= 0.6 is 0 Å². The number of nitrogens with one attached hydrogen (secondary N) is 2. The third kappa shape index (κ3) is 2.06. The molecule has 1 aromatic heterocycles. The van der Waals surface area contributed by atoms with Gasteiger partial charge in [0.2, 0.25) is 0 Å². The first-order valence-electron chi connectivity index (χ1n) is 6.35. The fourth-order valence-corrected chi connectivity index (χ4v) is 2.59. The van der Waals surface area contributed by atoms with Gasteiger partial charge >= 0.3 is 0 Å². The zero-order valence-corrected chi connectivity index (χ0v) is 10.1. The Morgan fingerprint density at radius 1 is 1.28 bits per heavy atom. The Balaban J connectivity index is 1.81. The largest absolute Gasteiger partial charge is 0.495 e. The van der Waals surface area contributed by atoms with Gasteiger partial charge in [-0.15, -0.1) is 0 Å². The zero-order chi connectivity index (χ0) is 12.5. The summed E-state index contributed by atoms with van der Waals surface area (Å²) in [5.41, 5.74) is 1.42. The van der Waals surface area contributed by atoms with Gasteiger partial charge in [0.1, 0.15) is 0 Å². The minimum Gasteiger partial charge on any atom is -0.495 e. The number of H-pyrrole nitrogens is 1.